The molecule has 0 aliphatic rings. The minimum absolute atomic E-state index is 0.139. The molecular weight excluding hydrogens is 472 g/mol. The molecule has 0 radical (unpaired) electrons. The molecule has 0 saturated heterocycles. The van der Waals surface area contributed by atoms with Crippen molar-refractivity contribution in [2.24, 2.45) is 0 Å². The van der Waals surface area contributed by atoms with Gasteiger partial charge in [-0.15, -0.1) is 0 Å². The molecule has 0 fully saturated rings. The van der Waals surface area contributed by atoms with Crippen LogP contribution in [0.5, 0.6) is 0 Å². The fourth-order valence-electron chi connectivity index (χ4n) is 1.89. The van der Waals surface area contributed by atoms with E-state index in [-0.39, 0.29) is 18.1 Å². The SMILES string of the molecule is CCN(C(P(=O)(O)O)P(=O)(O)O)C(P(=O)(O)O)P(=O)(O)O.OCCNCCO. The summed E-state index contributed by atoms with van der Waals surface area (Å²) in [7, 11) is -22.7. The van der Waals surface area contributed by atoms with E-state index < -0.39 is 48.0 Å². The lowest BCUT2D eigenvalue weighted by atomic mass is 10.6. The highest BCUT2D eigenvalue weighted by atomic mass is 31.2. The standard InChI is InChI=1S/C4H15NO12P4.C4H11NO2/c1-2-5(3(18(6,7)8)19(9,10)11)4(20(12,13)14)21(15,16)17;6-3-1-5-2-4-7/h3-4H,2H2,1H3,(H2,6,7,8)(H2,9,10,11)(H2,12,13,14)(H2,15,16,17);5-7H,1-4H2. The van der Waals surface area contributed by atoms with Gasteiger partial charge in [-0.05, 0) is 6.54 Å². The maximum atomic E-state index is 11.2. The number of nitrogens with zero attached hydrogens (tertiary/aromatic N) is 1. The number of hydrogen-bond acceptors (Lipinski definition) is 8. The average Bonchev–Trinajstić information content (AvgIpc) is 2.41. The van der Waals surface area contributed by atoms with Gasteiger partial charge in [0.1, 0.15) is 0 Å². The second kappa shape index (κ2) is 12.3. The van der Waals surface area contributed by atoms with Crippen molar-refractivity contribution in [3.05, 3.63) is 0 Å². The molecule has 0 rings (SSSR count). The molecule has 20 heteroatoms. The van der Waals surface area contributed by atoms with Crippen molar-refractivity contribution < 1.29 is 67.6 Å². The molecule has 0 aromatic heterocycles. The Hall–Kier alpha value is 0.440. The maximum Gasteiger partial charge on any atom is 0.355 e. The first-order valence-electron chi connectivity index (χ1n) is 7.24. The van der Waals surface area contributed by atoms with Crippen molar-refractivity contribution in [1.29, 1.82) is 0 Å². The van der Waals surface area contributed by atoms with Crippen LogP contribution in [0.15, 0.2) is 0 Å². The Labute approximate surface area is 159 Å². The van der Waals surface area contributed by atoms with E-state index in [2.05, 4.69) is 5.32 Å². The number of aliphatic hydroxyl groups is 2. The molecular formula is C8H26N2O14P4. The molecule has 0 aromatic carbocycles. The highest BCUT2D eigenvalue weighted by Crippen LogP contribution is 2.68. The van der Waals surface area contributed by atoms with Crippen LogP contribution in [0.3, 0.4) is 0 Å². The molecule has 0 heterocycles. The number of hydrogen-bond donors (Lipinski definition) is 11. The largest absolute Gasteiger partial charge is 0.395 e. The van der Waals surface area contributed by atoms with Gasteiger partial charge in [0.15, 0.2) is 0 Å². The van der Waals surface area contributed by atoms with Gasteiger partial charge in [-0.25, -0.2) is 0 Å². The monoisotopic (exact) mass is 498 g/mol. The van der Waals surface area contributed by atoms with E-state index in [1.807, 2.05) is 0 Å². The second-order valence-electron chi connectivity index (χ2n) is 5.08. The number of aliphatic hydroxyl groups excluding tert-OH is 2. The number of nitrogens with one attached hydrogen (secondary N) is 1. The Balaban J connectivity index is 0. The molecule has 172 valence electrons. The lowest BCUT2D eigenvalue weighted by Gasteiger charge is -2.36. The van der Waals surface area contributed by atoms with Crippen LogP contribution >= 0.6 is 30.4 Å². The van der Waals surface area contributed by atoms with E-state index in [9.17, 15) is 18.3 Å². The van der Waals surface area contributed by atoms with Crippen LogP contribution in [0, 0.1) is 0 Å². The molecule has 0 aromatic rings. The summed E-state index contributed by atoms with van der Waals surface area (Å²) >= 11 is 0. The highest BCUT2D eigenvalue weighted by Gasteiger charge is 2.57. The summed E-state index contributed by atoms with van der Waals surface area (Å²) in [6.07, 6.45) is 0. The molecule has 16 nitrogen and oxygen atoms in total. The quantitative estimate of drug-likeness (QED) is 0.101. The summed E-state index contributed by atoms with van der Waals surface area (Å²) < 4.78 is 44.8. The van der Waals surface area contributed by atoms with E-state index >= 15 is 0 Å². The summed E-state index contributed by atoms with van der Waals surface area (Å²) in [5.74, 6) is 0. The second-order valence-corrected chi connectivity index (χ2v) is 12.6. The molecule has 0 spiro atoms. The van der Waals surface area contributed by atoms with E-state index in [0.717, 1.165) is 6.92 Å². The minimum atomic E-state index is -5.69. The van der Waals surface area contributed by atoms with Crippen LogP contribution in [0.2, 0.25) is 0 Å². The Kier molecular flexibility index (Phi) is 13.5. The van der Waals surface area contributed by atoms with Crippen molar-refractivity contribution in [3.8, 4) is 0 Å². The van der Waals surface area contributed by atoms with E-state index in [4.69, 9.17) is 49.4 Å². The van der Waals surface area contributed by atoms with Gasteiger partial charge in [-0.1, -0.05) is 6.92 Å². The van der Waals surface area contributed by atoms with Gasteiger partial charge in [0, 0.05) is 13.1 Å². The van der Waals surface area contributed by atoms with Gasteiger partial charge in [0.2, 0.25) is 11.0 Å². The smallest absolute Gasteiger partial charge is 0.355 e. The maximum absolute atomic E-state index is 11.2. The van der Waals surface area contributed by atoms with Gasteiger partial charge in [-0.3, -0.25) is 23.2 Å². The summed E-state index contributed by atoms with van der Waals surface area (Å²) in [4.78, 5) is 71.5. The van der Waals surface area contributed by atoms with Gasteiger partial charge < -0.3 is 54.7 Å². The molecule has 0 unspecified atom stereocenters. The minimum Gasteiger partial charge on any atom is -0.395 e. The Morgan fingerprint density at radius 3 is 1.07 bits per heavy atom. The van der Waals surface area contributed by atoms with Crippen molar-refractivity contribution in [3.63, 3.8) is 0 Å². The molecule has 28 heavy (non-hydrogen) atoms. The third-order valence-electron chi connectivity index (χ3n) is 2.74. The predicted octanol–water partition coefficient (Wildman–Crippen LogP) is -2.85. The summed E-state index contributed by atoms with van der Waals surface area (Å²) in [5, 5.41) is 19.1. The molecule has 11 N–H and O–H groups in total. The summed E-state index contributed by atoms with van der Waals surface area (Å²) in [6, 6.07) is 0. The van der Waals surface area contributed by atoms with Gasteiger partial charge in [0.25, 0.3) is 0 Å². The van der Waals surface area contributed by atoms with Gasteiger partial charge in [0.05, 0.1) is 13.2 Å². The topological polar surface area (TPSA) is 286 Å². The van der Waals surface area contributed by atoms with Gasteiger partial charge >= 0.3 is 30.4 Å². The average molecular weight is 498 g/mol. The fourth-order valence-corrected chi connectivity index (χ4v) is 8.18. The molecule has 0 aliphatic heterocycles. The van der Waals surface area contributed by atoms with Crippen LogP contribution in [-0.4, -0.2) is 98.2 Å². The van der Waals surface area contributed by atoms with E-state index in [1.165, 1.54) is 0 Å². The highest BCUT2D eigenvalue weighted by molar-refractivity contribution is 7.72. The zero-order chi connectivity index (χ0) is 23.0. The summed E-state index contributed by atoms with van der Waals surface area (Å²) in [5.41, 5.74) is -6.19. The van der Waals surface area contributed by atoms with Crippen LogP contribution in [0.25, 0.3) is 0 Å². The third-order valence-corrected chi connectivity index (χ3v) is 9.94. The van der Waals surface area contributed by atoms with Crippen LogP contribution < -0.4 is 5.32 Å². The fraction of sp³-hybridized carbons (Fsp3) is 1.00. The first-order chi connectivity index (χ1) is 12.4. The molecule has 0 atom stereocenters. The van der Waals surface area contributed by atoms with Gasteiger partial charge in [-0.2, -0.15) is 0 Å². The zero-order valence-corrected chi connectivity index (χ0v) is 18.1. The van der Waals surface area contributed by atoms with Crippen LogP contribution in [-0.2, 0) is 18.3 Å². The molecule has 0 saturated carbocycles. The third kappa shape index (κ3) is 11.6. The predicted molar refractivity (Wildman–Crippen MR) is 95.2 cm³/mol. The molecule has 0 bridgehead atoms. The Bertz CT molecular complexity index is 539. The Morgan fingerprint density at radius 2 is 0.929 bits per heavy atom. The molecule has 0 amide bonds. The Morgan fingerprint density at radius 1 is 0.679 bits per heavy atom. The lowest BCUT2D eigenvalue weighted by molar-refractivity contribution is 0.207. The van der Waals surface area contributed by atoms with Crippen LogP contribution in [0.4, 0.5) is 0 Å². The zero-order valence-electron chi connectivity index (χ0n) is 14.5. The number of rotatable bonds is 11. The first kappa shape index (κ1) is 30.6. The summed E-state index contributed by atoms with van der Waals surface area (Å²) in [6.45, 7) is 1.51. The lowest BCUT2D eigenvalue weighted by Crippen LogP contribution is -2.42. The van der Waals surface area contributed by atoms with Crippen LogP contribution in [0.1, 0.15) is 6.92 Å². The van der Waals surface area contributed by atoms with E-state index in [1.54, 1.807) is 0 Å². The van der Waals surface area contributed by atoms with Crippen molar-refractivity contribution >= 4 is 30.4 Å². The van der Waals surface area contributed by atoms with Crippen molar-refractivity contribution in [2.45, 2.75) is 18.0 Å². The van der Waals surface area contributed by atoms with Crippen molar-refractivity contribution in [2.75, 3.05) is 32.8 Å². The first-order valence-corrected chi connectivity index (χ1v) is 14.0. The molecule has 0 aliphatic carbocycles. The normalized spacial score (nSPS) is 13.8. The van der Waals surface area contributed by atoms with Crippen molar-refractivity contribution in [1.82, 2.24) is 10.2 Å². The van der Waals surface area contributed by atoms with E-state index in [0.29, 0.717) is 13.1 Å².